The maximum Gasteiger partial charge on any atom is 0.256 e. The lowest BCUT2D eigenvalue weighted by molar-refractivity contribution is 0.0623. The first-order chi connectivity index (χ1) is 11.1. The van der Waals surface area contributed by atoms with Crippen molar-refractivity contribution in [1.82, 2.24) is 15.0 Å². The second-order valence-corrected chi connectivity index (χ2v) is 5.85. The smallest absolute Gasteiger partial charge is 0.256 e. The van der Waals surface area contributed by atoms with E-state index in [0.717, 1.165) is 36.7 Å². The zero-order valence-corrected chi connectivity index (χ0v) is 13.4. The summed E-state index contributed by atoms with van der Waals surface area (Å²) in [5.41, 5.74) is 2.16. The van der Waals surface area contributed by atoms with Crippen LogP contribution < -0.4 is 0 Å². The molecule has 5 nitrogen and oxygen atoms in total. The van der Waals surface area contributed by atoms with Gasteiger partial charge in [0.25, 0.3) is 5.91 Å². The van der Waals surface area contributed by atoms with Crippen LogP contribution in [-0.4, -0.2) is 47.0 Å². The summed E-state index contributed by atoms with van der Waals surface area (Å²) in [7, 11) is 0. The topological polar surface area (TPSA) is 49.6 Å². The predicted octanol–water partition coefficient (Wildman–Crippen LogP) is 2.39. The van der Waals surface area contributed by atoms with E-state index in [0.29, 0.717) is 13.1 Å². The minimum Gasteiger partial charge on any atom is -0.361 e. The Morgan fingerprint density at radius 1 is 1.22 bits per heavy atom. The number of nitrogens with zero attached hydrogens (tertiary/aromatic N) is 3. The molecule has 0 aliphatic carbocycles. The van der Waals surface area contributed by atoms with Gasteiger partial charge in [-0.2, -0.15) is 0 Å². The molecular weight excluding hydrogens is 297 g/mol. The summed E-state index contributed by atoms with van der Waals surface area (Å²) < 4.78 is 18.9. The van der Waals surface area contributed by atoms with Crippen molar-refractivity contribution in [1.29, 1.82) is 0 Å². The second kappa shape index (κ2) is 6.50. The molecular formula is C17H20FN3O2. The average molecular weight is 317 g/mol. The number of benzene rings is 1. The number of carbonyl (C=O) groups is 1. The summed E-state index contributed by atoms with van der Waals surface area (Å²) >= 11 is 0. The van der Waals surface area contributed by atoms with Crippen molar-refractivity contribution in [2.24, 2.45) is 0 Å². The summed E-state index contributed by atoms with van der Waals surface area (Å²) in [6.45, 7) is 7.31. The van der Waals surface area contributed by atoms with Crippen molar-refractivity contribution < 1.29 is 13.7 Å². The van der Waals surface area contributed by atoms with E-state index in [9.17, 15) is 9.18 Å². The Morgan fingerprint density at radius 3 is 2.52 bits per heavy atom. The van der Waals surface area contributed by atoms with Crippen LogP contribution in [0, 0.1) is 19.7 Å². The molecule has 2 heterocycles. The zero-order valence-electron chi connectivity index (χ0n) is 13.4. The normalized spacial score (nSPS) is 15.9. The molecule has 1 saturated heterocycles. The fourth-order valence-corrected chi connectivity index (χ4v) is 2.87. The van der Waals surface area contributed by atoms with E-state index in [-0.39, 0.29) is 11.5 Å². The predicted molar refractivity (Wildman–Crippen MR) is 83.6 cm³/mol. The van der Waals surface area contributed by atoms with E-state index in [1.54, 1.807) is 17.0 Å². The van der Waals surface area contributed by atoms with Gasteiger partial charge in [0.15, 0.2) is 0 Å². The summed E-state index contributed by atoms with van der Waals surface area (Å²) in [5, 5.41) is 3.97. The number of hydrogen-bond donors (Lipinski definition) is 0. The quantitative estimate of drug-likeness (QED) is 0.872. The van der Waals surface area contributed by atoms with Gasteiger partial charge in [-0.1, -0.05) is 17.3 Å². The third-order valence-electron chi connectivity index (χ3n) is 4.33. The summed E-state index contributed by atoms with van der Waals surface area (Å²) in [6.07, 6.45) is 0. The average Bonchev–Trinajstić information content (AvgIpc) is 2.87. The molecule has 0 bridgehead atoms. The van der Waals surface area contributed by atoms with E-state index in [1.165, 1.54) is 12.1 Å². The van der Waals surface area contributed by atoms with Crippen LogP contribution in [0.4, 0.5) is 4.39 Å². The standard InChI is InChI=1S/C17H20FN3O2/c1-12-15(13(2)23-19-12)11-20-7-9-21(10-8-20)17(22)14-5-3-4-6-16(14)18/h3-6H,7-11H2,1-2H3. The lowest BCUT2D eigenvalue weighted by atomic mass is 10.1. The number of aromatic nitrogens is 1. The molecule has 1 aromatic carbocycles. The number of amides is 1. The molecule has 122 valence electrons. The zero-order chi connectivity index (χ0) is 16.4. The van der Waals surface area contributed by atoms with Crippen molar-refractivity contribution in [3.8, 4) is 0 Å². The van der Waals surface area contributed by atoms with Crippen LogP contribution >= 0.6 is 0 Å². The van der Waals surface area contributed by atoms with E-state index < -0.39 is 5.82 Å². The van der Waals surface area contributed by atoms with Crippen LogP contribution in [-0.2, 0) is 6.54 Å². The fourth-order valence-electron chi connectivity index (χ4n) is 2.87. The summed E-state index contributed by atoms with van der Waals surface area (Å²) in [4.78, 5) is 16.4. The minimum atomic E-state index is -0.462. The fraction of sp³-hybridized carbons (Fsp3) is 0.412. The highest BCUT2D eigenvalue weighted by atomic mass is 19.1. The highest BCUT2D eigenvalue weighted by molar-refractivity contribution is 5.94. The Kier molecular flexibility index (Phi) is 4.43. The first-order valence-electron chi connectivity index (χ1n) is 7.74. The third kappa shape index (κ3) is 3.27. The Bertz CT molecular complexity index is 686. The van der Waals surface area contributed by atoms with Gasteiger partial charge in [-0.15, -0.1) is 0 Å². The number of carbonyl (C=O) groups excluding carboxylic acids is 1. The maximum atomic E-state index is 13.7. The van der Waals surface area contributed by atoms with Crippen molar-refractivity contribution >= 4 is 5.91 Å². The van der Waals surface area contributed by atoms with E-state index in [2.05, 4.69) is 10.1 Å². The van der Waals surface area contributed by atoms with Crippen LogP contribution in [0.15, 0.2) is 28.8 Å². The number of aryl methyl sites for hydroxylation is 2. The number of piperazine rings is 1. The largest absolute Gasteiger partial charge is 0.361 e. The van der Waals surface area contributed by atoms with Crippen molar-refractivity contribution in [2.45, 2.75) is 20.4 Å². The minimum absolute atomic E-state index is 0.145. The summed E-state index contributed by atoms with van der Waals surface area (Å²) in [5.74, 6) is 0.142. The summed E-state index contributed by atoms with van der Waals surface area (Å²) in [6, 6.07) is 6.13. The Morgan fingerprint density at radius 2 is 1.91 bits per heavy atom. The van der Waals surface area contributed by atoms with Crippen molar-refractivity contribution in [3.05, 3.63) is 52.7 Å². The Hall–Kier alpha value is -2.21. The van der Waals surface area contributed by atoms with Gasteiger partial charge < -0.3 is 9.42 Å². The molecule has 0 radical (unpaired) electrons. The van der Waals surface area contributed by atoms with Crippen molar-refractivity contribution in [3.63, 3.8) is 0 Å². The molecule has 1 aliphatic heterocycles. The van der Waals surface area contributed by atoms with Crippen LogP contribution in [0.5, 0.6) is 0 Å². The monoisotopic (exact) mass is 317 g/mol. The first-order valence-corrected chi connectivity index (χ1v) is 7.74. The molecule has 1 amide bonds. The molecule has 23 heavy (non-hydrogen) atoms. The van der Waals surface area contributed by atoms with E-state index >= 15 is 0 Å². The molecule has 2 aromatic rings. The van der Waals surface area contributed by atoms with Gasteiger partial charge in [-0.05, 0) is 26.0 Å². The van der Waals surface area contributed by atoms with Gasteiger partial charge in [-0.25, -0.2) is 4.39 Å². The Balaban J connectivity index is 1.60. The molecule has 6 heteroatoms. The van der Waals surface area contributed by atoms with Gasteiger partial charge in [0, 0.05) is 38.3 Å². The lowest BCUT2D eigenvalue weighted by Crippen LogP contribution is -2.48. The third-order valence-corrected chi connectivity index (χ3v) is 4.33. The molecule has 0 atom stereocenters. The lowest BCUT2D eigenvalue weighted by Gasteiger charge is -2.34. The molecule has 0 unspecified atom stereocenters. The number of halogens is 1. The van der Waals surface area contributed by atoms with Crippen LogP contribution in [0.2, 0.25) is 0 Å². The number of rotatable bonds is 3. The van der Waals surface area contributed by atoms with Crippen LogP contribution in [0.3, 0.4) is 0 Å². The van der Waals surface area contributed by atoms with Gasteiger partial charge in [0.2, 0.25) is 0 Å². The van der Waals surface area contributed by atoms with Gasteiger partial charge in [-0.3, -0.25) is 9.69 Å². The molecule has 0 N–H and O–H groups in total. The molecule has 0 spiro atoms. The van der Waals surface area contributed by atoms with E-state index in [4.69, 9.17) is 4.52 Å². The van der Waals surface area contributed by atoms with Gasteiger partial charge in [0.1, 0.15) is 11.6 Å². The molecule has 3 rings (SSSR count). The SMILES string of the molecule is Cc1noc(C)c1CN1CCN(C(=O)c2ccccc2F)CC1. The van der Waals surface area contributed by atoms with Crippen LogP contribution in [0.1, 0.15) is 27.4 Å². The second-order valence-electron chi connectivity index (χ2n) is 5.85. The molecule has 0 saturated carbocycles. The highest BCUT2D eigenvalue weighted by Gasteiger charge is 2.24. The molecule has 1 fully saturated rings. The first kappa shape index (κ1) is 15.7. The highest BCUT2D eigenvalue weighted by Crippen LogP contribution is 2.17. The maximum absolute atomic E-state index is 13.7. The van der Waals surface area contributed by atoms with Gasteiger partial charge in [0.05, 0.1) is 11.3 Å². The van der Waals surface area contributed by atoms with Crippen LogP contribution in [0.25, 0.3) is 0 Å². The Labute approximate surface area is 134 Å². The number of hydrogen-bond acceptors (Lipinski definition) is 4. The van der Waals surface area contributed by atoms with E-state index in [1.807, 2.05) is 13.8 Å². The molecule has 1 aromatic heterocycles. The molecule has 1 aliphatic rings. The van der Waals surface area contributed by atoms with Crippen molar-refractivity contribution in [2.75, 3.05) is 26.2 Å². The van der Waals surface area contributed by atoms with Gasteiger partial charge >= 0.3 is 0 Å².